The van der Waals surface area contributed by atoms with Crippen molar-refractivity contribution < 1.29 is 14.7 Å². The van der Waals surface area contributed by atoms with Gasteiger partial charge in [0.25, 0.3) is 0 Å². The Kier molecular flexibility index (Phi) is 4.40. The molecule has 1 aromatic rings. The van der Waals surface area contributed by atoms with Crippen LogP contribution in [0.1, 0.15) is 18.4 Å². The van der Waals surface area contributed by atoms with E-state index in [2.05, 4.69) is 15.4 Å². The molecule has 0 spiro atoms. The highest BCUT2D eigenvalue weighted by Crippen LogP contribution is 2.36. The molecule has 0 aliphatic carbocycles. The summed E-state index contributed by atoms with van der Waals surface area (Å²) in [5.41, 5.74) is -0.262. The van der Waals surface area contributed by atoms with E-state index in [1.54, 1.807) is 6.21 Å². The van der Waals surface area contributed by atoms with Crippen molar-refractivity contribution in [3.63, 3.8) is 0 Å². The van der Waals surface area contributed by atoms with Gasteiger partial charge in [-0.3, -0.25) is 4.90 Å². The molecule has 2 heterocycles. The van der Waals surface area contributed by atoms with Crippen LogP contribution >= 0.6 is 0 Å². The maximum absolute atomic E-state index is 12.4. The molecule has 0 bridgehead atoms. The maximum atomic E-state index is 12.4. The molecule has 0 amide bonds. The molecule has 1 aromatic carbocycles. The van der Waals surface area contributed by atoms with Gasteiger partial charge in [0.05, 0.1) is 0 Å². The first-order chi connectivity index (χ1) is 10.7. The van der Waals surface area contributed by atoms with Gasteiger partial charge in [-0.15, -0.1) is 0 Å². The van der Waals surface area contributed by atoms with Gasteiger partial charge in [0.1, 0.15) is 11.6 Å². The molecule has 0 radical (unpaired) electrons. The molecule has 2 unspecified atom stereocenters. The van der Waals surface area contributed by atoms with Crippen molar-refractivity contribution in [2.75, 3.05) is 26.2 Å². The minimum absolute atomic E-state index is 0.189. The molecule has 1 fully saturated rings. The molecule has 2 N–H and O–H groups in total. The predicted octanol–water partition coefficient (Wildman–Crippen LogP) is 1.04. The number of carboxylic acid groups (broad SMARTS) is 1. The highest BCUT2D eigenvalue weighted by molar-refractivity contribution is 5.81. The largest absolute Gasteiger partial charge is 0.480 e. The van der Waals surface area contributed by atoms with Gasteiger partial charge in [0.2, 0.25) is 0 Å². The lowest BCUT2D eigenvalue weighted by atomic mass is 9.81. The van der Waals surface area contributed by atoms with Crippen molar-refractivity contribution in [1.82, 2.24) is 10.2 Å². The molecule has 1 saturated heterocycles. The number of rotatable bonds is 5. The van der Waals surface area contributed by atoms with Gasteiger partial charge in [-0.25, -0.2) is 4.79 Å². The summed E-state index contributed by atoms with van der Waals surface area (Å²) >= 11 is 0. The van der Waals surface area contributed by atoms with Crippen LogP contribution in [0.15, 0.2) is 35.5 Å². The van der Waals surface area contributed by atoms with Crippen molar-refractivity contribution in [2.24, 2.45) is 5.16 Å². The summed E-state index contributed by atoms with van der Waals surface area (Å²) in [5.74, 6) is -0.823. The molecule has 118 valence electrons. The van der Waals surface area contributed by atoms with Crippen LogP contribution in [0.5, 0.6) is 0 Å². The van der Waals surface area contributed by atoms with Gasteiger partial charge < -0.3 is 15.3 Å². The van der Waals surface area contributed by atoms with E-state index in [1.807, 2.05) is 30.3 Å². The summed E-state index contributed by atoms with van der Waals surface area (Å²) < 4.78 is 0. The molecule has 3 rings (SSSR count). The number of hydrogen-bond acceptors (Lipinski definition) is 5. The second-order valence-electron chi connectivity index (χ2n) is 5.72. The van der Waals surface area contributed by atoms with E-state index in [0.29, 0.717) is 25.9 Å². The summed E-state index contributed by atoms with van der Waals surface area (Å²) in [4.78, 5) is 19.7. The number of benzene rings is 1. The Morgan fingerprint density at radius 3 is 2.68 bits per heavy atom. The summed E-state index contributed by atoms with van der Waals surface area (Å²) in [7, 11) is 0. The van der Waals surface area contributed by atoms with E-state index in [0.717, 1.165) is 18.7 Å². The molecule has 6 heteroatoms. The van der Waals surface area contributed by atoms with Gasteiger partial charge in [0, 0.05) is 45.2 Å². The Morgan fingerprint density at radius 1 is 1.36 bits per heavy atom. The number of carboxylic acids is 1. The van der Waals surface area contributed by atoms with Crippen molar-refractivity contribution in [3.05, 3.63) is 35.9 Å². The number of nitrogens with zero attached hydrogens (tertiary/aromatic N) is 2. The predicted molar refractivity (Wildman–Crippen MR) is 82.8 cm³/mol. The van der Waals surface area contributed by atoms with Crippen molar-refractivity contribution >= 4 is 12.2 Å². The molecule has 6 nitrogen and oxygen atoms in total. The van der Waals surface area contributed by atoms with Crippen molar-refractivity contribution in [3.8, 4) is 0 Å². The summed E-state index contributed by atoms with van der Waals surface area (Å²) in [5, 5.41) is 17.2. The number of carbonyl (C=O) groups is 1. The average molecular weight is 303 g/mol. The minimum atomic E-state index is -1.07. The van der Waals surface area contributed by atoms with E-state index < -0.39 is 11.5 Å². The zero-order valence-corrected chi connectivity index (χ0v) is 12.4. The zero-order valence-electron chi connectivity index (χ0n) is 12.4. The number of nitrogens with one attached hydrogen (secondary N) is 1. The van der Waals surface area contributed by atoms with Crippen molar-refractivity contribution in [1.29, 1.82) is 0 Å². The van der Waals surface area contributed by atoms with Crippen LogP contribution in [0.3, 0.4) is 0 Å². The second kappa shape index (κ2) is 6.46. The third-order valence-corrected chi connectivity index (χ3v) is 4.44. The zero-order chi connectivity index (χ0) is 15.4. The first-order valence-corrected chi connectivity index (χ1v) is 7.66. The van der Waals surface area contributed by atoms with Crippen LogP contribution < -0.4 is 5.32 Å². The number of hydrogen-bond donors (Lipinski definition) is 2. The quantitative estimate of drug-likeness (QED) is 0.850. The molecule has 2 aliphatic rings. The Labute approximate surface area is 129 Å². The van der Waals surface area contributed by atoms with E-state index in [1.165, 1.54) is 0 Å². The summed E-state index contributed by atoms with van der Waals surface area (Å²) in [6.45, 7) is 3.00. The van der Waals surface area contributed by atoms with Crippen LogP contribution in [-0.4, -0.2) is 54.5 Å². The molecule has 2 aliphatic heterocycles. The maximum Gasteiger partial charge on any atom is 0.328 e. The fourth-order valence-corrected chi connectivity index (χ4v) is 3.32. The molecule has 2 atom stereocenters. The molecule has 0 aromatic heterocycles. The fraction of sp³-hybridized carbons (Fsp3) is 0.500. The van der Waals surface area contributed by atoms with Crippen LogP contribution in [0.4, 0.5) is 0 Å². The summed E-state index contributed by atoms with van der Waals surface area (Å²) in [6, 6.07) is 9.48. The monoisotopic (exact) mass is 303 g/mol. The Balaban J connectivity index is 1.99. The van der Waals surface area contributed by atoms with E-state index in [-0.39, 0.29) is 6.10 Å². The lowest BCUT2D eigenvalue weighted by molar-refractivity contribution is -0.156. The number of piperazine rings is 1. The molecular weight excluding hydrogens is 282 g/mol. The third kappa shape index (κ3) is 2.71. The molecule has 0 saturated carbocycles. The Morgan fingerprint density at radius 2 is 2.09 bits per heavy atom. The first kappa shape index (κ1) is 15.0. The number of oxime groups is 1. The average Bonchev–Trinajstić information content (AvgIpc) is 3.07. The van der Waals surface area contributed by atoms with E-state index >= 15 is 0 Å². The first-order valence-electron chi connectivity index (χ1n) is 7.66. The van der Waals surface area contributed by atoms with Gasteiger partial charge >= 0.3 is 5.97 Å². The second-order valence-corrected chi connectivity index (χ2v) is 5.72. The lowest BCUT2D eigenvalue weighted by Crippen LogP contribution is -2.59. The van der Waals surface area contributed by atoms with Gasteiger partial charge in [-0.1, -0.05) is 35.5 Å². The molecule has 22 heavy (non-hydrogen) atoms. The SMILES string of the molecule is O=C(O)C(CC1CC=NO1)(c1ccccc1)N1CCNCC1. The Hall–Kier alpha value is -1.92. The smallest absolute Gasteiger partial charge is 0.328 e. The van der Waals surface area contributed by atoms with Crippen molar-refractivity contribution in [2.45, 2.75) is 24.5 Å². The van der Waals surface area contributed by atoms with E-state index in [9.17, 15) is 9.90 Å². The Bertz CT molecular complexity index is 535. The van der Waals surface area contributed by atoms with Gasteiger partial charge in [0.15, 0.2) is 0 Å². The third-order valence-electron chi connectivity index (χ3n) is 4.44. The van der Waals surface area contributed by atoms with E-state index in [4.69, 9.17) is 4.84 Å². The topological polar surface area (TPSA) is 74.2 Å². The summed E-state index contributed by atoms with van der Waals surface area (Å²) in [6.07, 6.45) is 2.58. The van der Waals surface area contributed by atoms with Crippen LogP contribution in [0, 0.1) is 0 Å². The lowest BCUT2D eigenvalue weighted by Gasteiger charge is -2.44. The van der Waals surface area contributed by atoms with Crippen LogP contribution in [-0.2, 0) is 15.2 Å². The minimum Gasteiger partial charge on any atom is -0.480 e. The standard InChI is InChI=1S/C16H21N3O3/c20-15(21)16(12-14-6-7-18-22-14,13-4-2-1-3-5-13)19-10-8-17-9-11-19/h1-5,7,14,17H,6,8-12H2,(H,20,21). The fourth-order valence-electron chi connectivity index (χ4n) is 3.32. The van der Waals surface area contributed by atoms with Gasteiger partial charge in [-0.2, -0.15) is 0 Å². The number of aliphatic carboxylic acids is 1. The normalized spacial score (nSPS) is 24.6. The van der Waals surface area contributed by atoms with Crippen LogP contribution in [0.25, 0.3) is 0 Å². The highest BCUT2D eigenvalue weighted by Gasteiger charge is 2.48. The molecular formula is C16H21N3O3. The van der Waals surface area contributed by atoms with Gasteiger partial charge in [-0.05, 0) is 5.56 Å². The highest BCUT2D eigenvalue weighted by atomic mass is 16.6. The van der Waals surface area contributed by atoms with Crippen LogP contribution in [0.2, 0.25) is 0 Å².